The number of carbonyl (C=O) groups excluding carboxylic acids is 1. The molecule has 0 radical (unpaired) electrons. The number of aliphatic hydroxyl groups is 6. The average molecular weight is 483 g/mol. The summed E-state index contributed by atoms with van der Waals surface area (Å²) in [6.07, 6.45) is -2.47. The van der Waals surface area contributed by atoms with Crippen molar-refractivity contribution in [2.75, 3.05) is 19.0 Å². The van der Waals surface area contributed by atoms with Crippen LogP contribution >= 0.6 is 0 Å². The number of aliphatic hydroxyl groups excluding tert-OH is 6. The molecule has 10 nitrogen and oxygen atoms in total. The molecule has 31 heavy (non-hydrogen) atoms. The van der Waals surface area contributed by atoms with Crippen LogP contribution in [0, 0.1) is 0 Å². The Morgan fingerprint density at radius 3 is 1.94 bits per heavy atom. The van der Waals surface area contributed by atoms with Gasteiger partial charge in [0, 0.05) is 0 Å². The van der Waals surface area contributed by atoms with E-state index >= 15 is 0 Å². The van der Waals surface area contributed by atoms with E-state index in [4.69, 9.17) is 9.29 Å². The maximum atomic E-state index is 11.9. The van der Waals surface area contributed by atoms with Crippen LogP contribution in [0.5, 0.6) is 0 Å². The Labute approximate surface area is 208 Å². The normalized spacial score (nSPS) is 16.7. The van der Waals surface area contributed by atoms with E-state index in [9.17, 15) is 38.7 Å². The van der Waals surface area contributed by atoms with Crippen LogP contribution in [0.2, 0.25) is 0 Å². The van der Waals surface area contributed by atoms with Crippen molar-refractivity contribution in [3.63, 3.8) is 0 Å². The van der Waals surface area contributed by atoms with Crippen molar-refractivity contribution >= 4 is 15.9 Å². The van der Waals surface area contributed by atoms with Crippen molar-refractivity contribution in [1.82, 2.24) is 0 Å². The number of unbranched alkanes of at least 4 members (excludes halogenated alkanes) is 7. The van der Waals surface area contributed by atoms with Gasteiger partial charge in [-0.2, -0.15) is 8.42 Å². The quantitative estimate of drug-likeness (QED) is 0.0610. The molecule has 0 saturated carbocycles. The Morgan fingerprint density at radius 2 is 1.42 bits per heavy atom. The number of ketones is 1. The first-order valence-electron chi connectivity index (χ1n) is 10.5. The summed E-state index contributed by atoms with van der Waals surface area (Å²) in [5.41, 5.74) is 0. The molecule has 0 aromatic rings. The summed E-state index contributed by atoms with van der Waals surface area (Å²) < 4.78 is 28.5. The molecule has 0 heterocycles. The fourth-order valence-electron chi connectivity index (χ4n) is 2.77. The van der Waals surface area contributed by atoms with E-state index in [2.05, 4.69) is 6.92 Å². The zero-order valence-electron chi connectivity index (χ0n) is 19.6. The average Bonchev–Trinajstić information content (AvgIpc) is 2.73. The van der Waals surface area contributed by atoms with Crippen LogP contribution in [0.25, 0.3) is 0 Å². The monoisotopic (exact) mass is 482 g/mol. The van der Waals surface area contributed by atoms with Crippen LogP contribution in [-0.4, -0.2) is 94.3 Å². The Morgan fingerprint density at radius 1 is 0.903 bits per heavy atom. The minimum atomic E-state index is -3.97. The summed E-state index contributed by atoms with van der Waals surface area (Å²) in [4.78, 5) is 11.9. The maximum Gasteiger partial charge on any atom is 1.00 e. The summed E-state index contributed by atoms with van der Waals surface area (Å²) in [6, 6.07) is 0. The molecule has 5 atom stereocenters. The summed E-state index contributed by atoms with van der Waals surface area (Å²) in [5, 5.41) is 56.5. The molecule has 12 heteroatoms. The van der Waals surface area contributed by atoms with Crippen molar-refractivity contribution in [1.29, 1.82) is 0 Å². The zero-order valence-corrected chi connectivity index (χ0v) is 21.4. The zero-order chi connectivity index (χ0) is 23.2. The third-order valence-electron chi connectivity index (χ3n) is 4.78. The fraction of sp³-hybridized carbons (Fsp3) is 0.947. The molecular formula is C19H39NaO10S. The van der Waals surface area contributed by atoms with Crippen molar-refractivity contribution in [3.8, 4) is 0 Å². The van der Waals surface area contributed by atoms with Gasteiger partial charge in [-0.05, 0) is 12.8 Å². The number of carbonyl (C=O) groups is 1. The first-order valence-corrected chi connectivity index (χ1v) is 12.1. The summed E-state index contributed by atoms with van der Waals surface area (Å²) in [7, 11) is -3.97. The van der Waals surface area contributed by atoms with Crippen LogP contribution < -0.4 is 29.6 Å². The molecule has 0 spiro atoms. The van der Waals surface area contributed by atoms with Crippen LogP contribution in [0.1, 0.15) is 66.1 Å². The molecule has 0 aliphatic carbocycles. The van der Waals surface area contributed by atoms with Gasteiger partial charge in [0.1, 0.15) is 30.5 Å². The first-order chi connectivity index (χ1) is 14.1. The smallest absolute Gasteiger partial charge is 1.00 e. The molecular weight excluding hydrogens is 443 g/mol. The molecule has 182 valence electrons. The molecule has 0 aliphatic rings. The molecule has 6 N–H and O–H groups in total. The third-order valence-corrected chi connectivity index (χ3v) is 6.04. The Bertz CT molecular complexity index is 566. The van der Waals surface area contributed by atoms with Gasteiger partial charge >= 0.3 is 29.6 Å². The van der Waals surface area contributed by atoms with Gasteiger partial charge in [0.2, 0.25) is 0 Å². The van der Waals surface area contributed by atoms with Crippen LogP contribution in [-0.2, 0) is 19.1 Å². The van der Waals surface area contributed by atoms with Crippen molar-refractivity contribution in [2.24, 2.45) is 0 Å². The second kappa shape index (κ2) is 18.7. The van der Waals surface area contributed by atoms with Gasteiger partial charge < -0.3 is 32.1 Å². The van der Waals surface area contributed by atoms with Gasteiger partial charge in [-0.1, -0.05) is 51.9 Å². The van der Waals surface area contributed by atoms with Gasteiger partial charge in [0.15, 0.2) is 5.78 Å². The van der Waals surface area contributed by atoms with Gasteiger partial charge in [0.05, 0.1) is 19.0 Å². The molecule has 0 aromatic heterocycles. The number of rotatable bonds is 19. The van der Waals surface area contributed by atoms with Gasteiger partial charge in [-0.3, -0.25) is 8.98 Å². The van der Waals surface area contributed by atoms with Crippen LogP contribution in [0.4, 0.5) is 0 Å². The van der Waals surface area contributed by atoms with E-state index in [0.717, 1.165) is 25.7 Å². The Kier molecular flexibility index (Phi) is 20.3. The number of hydrogen-bond donors (Lipinski definition) is 6. The second-order valence-electron chi connectivity index (χ2n) is 7.44. The number of Topliss-reactive ketones (excluding diaryl/α,β-unsaturated/α-hetero) is 1. The molecule has 0 aromatic carbocycles. The maximum absolute atomic E-state index is 11.9. The molecule has 0 amide bonds. The third kappa shape index (κ3) is 15.0. The van der Waals surface area contributed by atoms with Gasteiger partial charge in [-0.25, -0.2) is 0 Å². The van der Waals surface area contributed by atoms with E-state index in [-0.39, 0.29) is 37.6 Å². The standard InChI is InChI=1S/C19H38O10S.Na.H/c1-2-3-4-5-6-7-8-9-11-29-30(27,28)12-10-14(21)16(23)18(25)19(26)17(24)15(22)13-20;;/h14-15,17-22,24-26H,2-13H2,1H3;;/q;+1;-1/t14?,15-,17-,18+,19+;;/m1../s1. The molecule has 0 bridgehead atoms. The molecule has 1 unspecified atom stereocenters. The molecule has 0 saturated heterocycles. The molecule has 0 aliphatic heterocycles. The SMILES string of the molecule is CCCCCCCCCCOS(=O)(=O)CCC(O)C(=O)[C@H](O)[C@@H](O)[C@H](O)[C@H](O)CO.[H-].[Na+]. The van der Waals surface area contributed by atoms with Crippen LogP contribution in [0.15, 0.2) is 0 Å². The summed E-state index contributed by atoms with van der Waals surface area (Å²) in [5.74, 6) is -1.98. The van der Waals surface area contributed by atoms with Crippen molar-refractivity contribution < 1.29 is 79.0 Å². The first kappa shape index (κ1) is 33.5. The Hall–Kier alpha value is 0.340. The van der Waals surface area contributed by atoms with E-state index in [1.165, 1.54) is 19.3 Å². The van der Waals surface area contributed by atoms with E-state index < -0.39 is 65.2 Å². The largest absolute Gasteiger partial charge is 1.00 e. The van der Waals surface area contributed by atoms with Gasteiger partial charge in [-0.15, -0.1) is 0 Å². The summed E-state index contributed by atoms with van der Waals surface area (Å²) >= 11 is 0. The number of hydrogen-bond acceptors (Lipinski definition) is 10. The van der Waals surface area contributed by atoms with E-state index in [0.29, 0.717) is 6.42 Å². The van der Waals surface area contributed by atoms with Crippen LogP contribution in [0.3, 0.4) is 0 Å². The van der Waals surface area contributed by atoms with Crippen molar-refractivity contribution in [2.45, 2.75) is 95.2 Å². The molecule has 0 fully saturated rings. The van der Waals surface area contributed by atoms with Crippen molar-refractivity contribution in [3.05, 3.63) is 0 Å². The predicted octanol–water partition coefficient (Wildman–Crippen LogP) is -3.65. The Balaban J connectivity index is -0.00000420. The fourth-order valence-corrected chi connectivity index (χ4v) is 3.77. The predicted molar refractivity (Wildman–Crippen MR) is 110 cm³/mol. The topological polar surface area (TPSA) is 182 Å². The minimum absolute atomic E-state index is 0. The molecule has 0 rings (SSSR count). The van der Waals surface area contributed by atoms with Gasteiger partial charge in [0.25, 0.3) is 10.1 Å². The van der Waals surface area contributed by atoms with E-state index in [1.54, 1.807) is 0 Å². The summed E-state index contributed by atoms with van der Waals surface area (Å²) in [6.45, 7) is 1.23. The van der Waals surface area contributed by atoms with E-state index in [1.807, 2.05) is 0 Å². The minimum Gasteiger partial charge on any atom is -1.00 e. The second-order valence-corrected chi connectivity index (χ2v) is 9.20.